The molecule has 0 aromatic carbocycles. The van der Waals surface area contributed by atoms with E-state index < -0.39 is 0 Å². The smallest absolute Gasteiger partial charge is 0.133 e. The summed E-state index contributed by atoms with van der Waals surface area (Å²) in [6, 6.07) is 0. The molecule has 0 saturated carbocycles. The molecule has 0 aromatic heterocycles. The Morgan fingerprint density at radius 1 is 0.850 bits per heavy atom. The van der Waals surface area contributed by atoms with Gasteiger partial charge in [-0.1, -0.05) is 78.1 Å². The minimum atomic E-state index is 0.408. The summed E-state index contributed by atoms with van der Waals surface area (Å²) in [5.74, 6) is 0.826. The maximum absolute atomic E-state index is 11.8. The number of carbonyl (C=O) groups excluding carboxylic acids is 1. The number of hydrogen-bond donors (Lipinski definition) is 1. The van der Waals surface area contributed by atoms with Gasteiger partial charge in [0.05, 0.1) is 0 Å². The zero-order valence-electron chi connectivity index (χ0n) is 14.0. The minimum absolute atomic E-state index is 0.408. The van der Waals surface area contributed by atoms with Gasteiger partial charge in [0.15, 0.2) is 0 Å². The normalized spacial score (nSPS) is 12.6. The highest BCUT2D eigenvalue weighted by molar-refractivity contribution is 5.78. The van der Waals surface area contributed by atoms with Crippen LogP contribution in [0.5, 0.6) is 0 Å². The summed E-state index contributed by atoms with van der Waals surface area (Å²) >= 11 is 0. The maximum Gasteiger partial charge on any atom is 0.133 e. The highest BCUT2D eigenvalue weighted by Crippen LogP contribution is 2.13. The van der Waals surface area contributed by atoms with Crippen molar-refractivity contribution >= 4 is 5.78 Å². The van der Waals surface area contributed by atoms with Gasteiger partial charge in [-0.3, -0.25) is 4.79 Å². The molecule has 20 heavy (non-hydrogen) atoms. The van der Waals surface area contributed by atoms with Crippen LogP contribution in [0.25, 0.3) is 0 Å². The van der Waals surface area contributed by atoms with Crippen LogP contribution in [-0.4, -0.2) is 12.3 Å². The van der Waals surface area contributed by atoms with Crippen molar-refractivity contribution in [1.82, 2.24) is 0 Å². The van der Waals surface area contributed by atoms with Crippen molar-refractivity contribution in [3.05, 3.63) is 0 Å². The van der Waals surface area contributed by atoms with E-state index in [9.17, 15) is 4.79 Å². The fraction of sp³-hybridized carbons (Fsp3) is 0.944. The van der Waals surface area contributed by atoms with Crippen LogP contribution in [0.2, 0.25) is 0 Å². The van der Waals surface area contributed by atoms with Gasteiger partial charge in [-0.25, -0.2) is 0 Å². The standard InChI is InChI=1S/C18H37NO/c1-3-5-6-7-8-9-10-11-12-13-14-18(20)15-17(4-2)16-19/h17H,3-16,19H2,1-2H3. The van der Waals surface area contributed by atoms with E-state index in [1.54, 1.807) is 0 Å². The molecule has 0 heterocycles. The van der Waals surface area contributed by atoms with Crippen LogP contribution in [0, 0.1) is 5.92 Å². The zero-order chi connectivity index (χ0) is 15.1. The number of unbranched alkanes of at least 4 members (excludes halogenated alkanes) is 9. The van der Waals surface area contributed by atoms with Crippen LogP contribution < -0.4 is 5.73 Å². The SMILES string of the molecule is CCCCCCCCCCCCC(=O)CC(CC)CN. The molecule has 0 rings (SSSR count). The summed E-state index contributed by atoms with van der Waals surface area (Å²) in [6.45, 7) is 5.03. The molecule has 0 saturated heterocycles. The highest BCUT2D eigenvalue weighted by Gasteiger charge is 2.09. The average molecular weight is 284 g/mol. The largest absolute Gasteiger partial charge is 0.330 e. The second-order valence-corrected chi connectivity index (χ2v) is 6.18. The molecule has 120 valence electrons. The molecule has 2 nitrogen and oxygen atoms in total. The van der Waals surface area contributed by atoms with E-state index in [0.717, 1.165) is 19.3 Å². The molecule has 0 aliphatic rings. The Balaban J connectivity index is 3.25. The lowest BCUT2D eigenvalue weighted by atomic mass is 9.97. The van der Waals surface area contributed by atoms with Crippen LogP contribution in [-0.2, 0) is 4.79 Å². The molecular formula is C18H37NO. The summed E-state index contributed by atoms with van der Waals surface area (Å²) in [4.78, 5) is 11.8. The van der Waals surface area contributed by atoms with Gasteiger partial charge in [0, 0.05) is 12.8 Å². The van der Waals surface area contributed by atoms with Crippen molar-refractivity contribution in [2.45, 2.75) is 97.3 Å². The number of Topliss-reactive ketones (excluding diaryl/α,β-unsaturated/α-hetero) is 1. The molecule has 0 aliphatic carbocycles. The molecule has 2 N–H and O–H groups in total. The van der Waals surface area contributed by atoms with Gasteiger partial charge < -0.3 is 5.73 Å². The molecule has 0 bridgehead atoms. The average Bonchev–Trinajstić information content (AvgIpc) is 2.46. The van der Waals surface area contributed by atoms with Crippen molar-refractivity contribution in [2.75, 3.05) is 6.54 Å². The monoisotopic (exact) mass is 283 g/mol. The molecule has 1 atom stereocenters. The molecule has 1 unspecified atom stereocenters. The summed E-state index contributed by atoms with van der Waals surface area (Å²) < 4.78 is 0. The van der Waals surface area contributed by atoms with E-state index in [1.165, 1.54) is 57.8 Å². The second-order valence-electron chi connectivity index (χ2n) is 6.18. The number of hydrogen-bond acceptors (Lipinski definition) is 2. The van der Waals surface area contributed by atoms with Crippen molar-refractivity contribution in [3.8, 4) is 0 Å². The number of nitrogens with two attached hydrogens (primary N) is 1. The topological polar surface area (TPSA) is 43.1 Å². The molecule has 0 amide bonds. The van der Waals surface area contributed by atoms with Crippen LogP contribution >= 0.6 is 0 Å². The Morgan fingerprint density at radius 3 is 1.80 bits per heavy atom. The van der Waals surface area contributed by atoms with Gasteiger partial charge in [0.25, 0.3) is 0 Å². The van der Waals surface area contributed by atoms with Crippen molar-refractivity contribution in [3.63, 3.8) is 0 Å². The van der Waals surface area contributed by atoms with Gasteiger partial charge >= 0.3 is 0 Å². The Labute approximate surface area is 126 Å². The summed E-state index contributed by atoms with van der Waals surface area (Å²) in [5.41, 5.74) is 5.63. The second kappa shape index (κ2) is 15.0. The van der Waals surface area contributed by atoms with Crippen LogP contribution in [0.4, 0.5) is 0 Å². The number of rotatable bonds is 15. The lowest BCUT2D eigenvalue weighted by molar-refractivity contribution is -0.120. The number of ketones is 1. The maximum atomic E-state index is 11.8. The van der Waals surface area contributed by atoms with Crippen LogP contribution in [0.15, 0.2) is 0 Å². The lowest BCUT2D eigenvalue weighted by Gasteiger charge is -2.10. The van der Waals surface area contributed by atoms with E-state index in [4.69, 9.17) is 5.73 Å². The van der Waals surface area contributed by atoms with Crippen molar-refractivity contribution < 1.29 is 4.79 Å². The fourth-order valence-electron chi connectivity index (χ4n) is 2.63. The fourth-order valence-corrected chi connectivity index (χ4v) is 2.63. The Bertz CT molecular complexity index is 211. The Morgan fingerprint density at radius 2 is 1.35 bits per heavy atom. The molecular weight excluding hydrogens is 246 g/mol. The first kappa shape index (κ1) is 19.6. The van der Waals surface area contributed by atoms with E-state index >= 15 is 0 Å². The van der Waals surface area contributed by atoms with Gasteiger partial charge in [-0.05, 0) is 18.9 Å². The van der Waals surface area contributed by atoms with Gasteiger partial charge in [-0.15, -0.1) is 0 Å². The highest BCUT2D eigenvalue weighted by atomic mass is 16.1. The molecule has 0 fully saturated rings. The third-order valence-electron chi connectivity index (χ3n) is 4.24. The summed E-state index contributed by atoms with van der Waals surface area (Å²) in [7, 11) is 0. The van der Waals surface area contributed by atoms with Crippen molar-refractivity contribution in [1.29, 1.82) is 0 Å². The predicted molar refractivity (Wildman–Crippen MR) is 88.9 cm³/mol. The quantitative estimate of drug-likeness (QED) is 0.418. The van der Waals surface area contributed by atoms with Crippen molar-refractivity contribution in [2.24, 2.45) is 11.7 Å². The Kier molecular flexibility index (Phi) is 14.7. The van der Waals surface area contributed by atoms with Crippen LogP contribution in [0.1, 0.15) is 97.3 Å². The Hall–Kier alpha value is -0.370. The first-order chi connectivity index (χ1) is 9.74. The van der Waals surface area contributed by atoms with E-state index in [0.29, 0.717) is 24.7 Å². The summed E-state index contributed by atoms with van der Waals surface area (Å²) in [5, 5.41) is 0. The molecule has 0 aromatic rings. The van der Waals surface area contributed by atoms with E-state index in [1.807, 2.05) is 0 Å². The molecule has 0 radical (unpaired) electrons. The molecule has 0 spiro atoms. The van der Waals surface area contributed by atoms with Gasteiger partial charge in [0.1, 0.15) is 5.78 Å². The molecule has 2 heteroatoms. The van der Waals surface area contributed by atoms with Gasteiger partial charge in [0.2, 0.25) is 0 Å². The minimum Gasteiger partial charge on any atom is -0.330 e. The molecule has 0 aliphatic heterocycles. The predicted octanol–water partition coefficient (Wildman–Crippen LogP) is 5.24. The summed E-state index contributed by atoms with van der Waals surface area (Å²) in [6.07, 6.45) is 15.8. The van der Waals surface area contributed by atoms with Gasteiger partial charge in [-0.2, -0.15) is 0 Å². The first-order valence-electron chi connectivity index (χ1n) is 8.96. The third-order valence-corrected chi connectivity index (χ3v) is 4.24. The first-order valence-corrected chi connectivity index (χ1v) is 8.96. The van der Waals surface area contributed by atoms with E-state index in [-0.39, 0.29) is 0 Å². The number of carbonyl (C=O) groups is 1. The van der Waals surface area contributed by atoms with Crippen LogP contribution in [0.3, 0.4) is 0 Å². The third kappa shape index (κ3) is 12.7. The van der Waals surface area contributed by atoms with E-state index in [2.05, 4.69) is 13.8 Å². The zero-order valence-corrected chi connectivity index (χ0v) is 14.0. The lowest BCUT2D eigenvalue weighted by Crippen LogP contribution is -2.17.